The summed E-state index contributed by atoms with van der Waals surface area (Å²) in [7, 11) is 0. The van der Waals surface area contributed by atoms with Crippen molar-refractivity contribution in [2.24, 2.45) is 0 Å². The molecular formula is C30H27ClN2O5S. The molecule has 0 radical (unpaired) electrons. The molecule has 1 atom stereocenters. The van der Waals surface area contributed by atoms with Crippen molar-refractivity contribution in [3.05, 3.63) is 99.9 Å². The van der Waals surface area contributed by atoms with E-state index in [9.17, 15) is 14.4 Å². The average molecular weight is 563 g/mol. The molecular weight excluding hydrogens is 536 g/mol. The minimum atomic E-state index is -0.780. The predicted molar refractivity (Wildman–Crippen MR) is 155 cm³/mol. The molecule has 1 aromatic heterocycles. The summed E-state index contributed by atoms with van der Waals surface area (Å²) in [6.07, 6.45) is -0.780. The van der Waals surface area contributed by atoms with Gasteiger partial charge in [0.25, 0.3) is 11.8 Å². The van der Waals surface area contributed by atoms with Crippen molar-refractivity contribution in [3.8, 4) is 16.9 Å². The topological polar surface area (TPSA) is 93.7 Å². The second kappa shape index (κ2) is 12.6. The summed E-state index contributed by atoms with van der Waals surface area (Å²) in [5.41, 5.74) is 2.91. The number of ether oxygens (including phenoxy) is 2. The lowest BCUT2D eigenvalue weighted by Crippen LogP contribution is -2.30. The number of hydrogen-bond acceptors (Lipinski definition) is 6. The van der Waals surface area contributed by atoms with Gasteiger partial charge in [-0.1, -0.05) is 41.9 Å². The van der Waals surface area contributed by atoms with E-state index in [2.05, 4.69) is 10.6 Å². The highest BCUT2D eigenvalue weighted by atomic mass is 35.5. The fraction of sp³-hybridized carbons (Fsp3) is 0.167. The fourth-order valence-corrected chi connectivity index (χ4v) is 5.06. The number of nitrogens with one attached hydrogen (secondary N) is 2. The van der Waals surface area contributed by atoms with Crippen molar-refractivity contribution in [3.63, 3.8) is 0 Å². The van der Waals surface area contributed by atoms with Gasteiger partial charge in [-0.3, -0.25) is 9.59 Å². The standard InChI is InChI=1S/C30H27ClN2O5S/c1-4-37-30(36)26-25(20-8-6-5-7-9-20)19(3)39-29(26)33-28(35)21-10-16-24(17-11-21)38-18(2)27(34)32-23-14-12-22(31)13-15-23/h5-18H,4H2,1-3H3,(H,32,34)(H,33,35)/t18-/m0/s1. The highest BCUT2D eigenvalue weighted by molar-refractivity contribution is 7.17. The van der Waals surface area contributed by atoms with Crippen LogP contribution in [-0.4, -0.2) is 30.5 Å². The number of aryl methyl sites for hydroxylation is 1. The van der Waals surface area contributed by atoms with Crippen molar-refractivity contribution in [2.75, 3.05) is 17.2 Å². The number of rotatable bonds is 9. The van der Waals surface area contributed by atoms with Gasteiger partial charge in [-0.15, -0.1) is 11.3 Å². The lowest BCUT2D eigenvalue weighted by Gasteiger charge is -2.15. The number of amides is 2. The molecule has 4 aromatic rings. The van der Waals surface area contributed by atoms with Crippen LogP contribution in [0.5, 0.6) is 5.75 Å². The molecule has 2 N–H and O–H groups in total. The number of carbonyl (C=O) groups is 3. The highest BCUT2D eigenvalue weighted by Crippen LogP contribution is 2.40. The van der Waals surface area contributed by atoms with Crippen LogP contribution in [0.15, 0.2) is 78.9 Å². The molecule has 0 aliphatic carbocycles. The molecule has 0 saturated heterocycles. The fourth-order valence-electron chi connectivity index (χ4n) is 3.88. The van der Waals surface area contributed by atoms with Crippen LogP contribution in [0.25, 0.3) is 11.1 Å². The zero-order valence-corrected chi connectivity index (χ0v) is 23.2. The van der Waals surface area contributed by atoms with Crippen LogP contribution < -0.4 is 15.4 Å². The third kappa shape index (κ3) is 6.85. The van der Waals surface area contributed by atoms with Gasteiger partial charge < -0.3 is 20.1 Å². The second-order valence-electron chi connectivity index (χ2n) is 8.56. The molecule has 0 aliphatic heterocycles. The zero-order chi connectivity index (χ0) is 27.9. The molecule has 4 rings (SSSR count). The van der Waals surface area contributed by atoms with Gasteiger partial charge in [0, 0.05) is 26.7 Å². The van der Waals surface area contributed by atoms with Crippen molar-refractivity contribution in [1.82, 2.24) is 0 Å². The van der Waals surface area contributed by atoms with Crippen molar-refractivity contribution < 1.29 is 23.9 Å². The lowest BCUT2D eigenvalue weighted by molar-refractivity contribution is -0.122. The lowest BCUT2D eigenvalue weighted by atomic mass is 10.0. The maximum Gasteiger partial charge on any atom is 0.341 e. The number of anilines is 2. The Morgan fingerprint density at radius 3 is 2.23 bits per heavy atom. The quantitative estimate of drug-likeness (QED) is 0.210. The van der Waals surface area contributed by atoms with Gasteiger partial charge in [-0.2, -0.15) is 0 Å². The summed E-state index contributed by atoms with van der Waals surface area (Å²) in [5.74, 6) is -0.782. The molecule has 39 heavy (non-hydrogen) atoms. The minimum Gasteiger partial charge on any atom is -0.481 e. The number of thiophene rings is 1. The molecule has 0 saturated carbocycles. The van der Waals surface area contributed by atoms with E-state index in [-0.39, 0.29) is 18.4 Å². The monoisotopic (exact) mass is 562 g/mol. The summed E-state index contributed by atoms with van der Waals surface area (Å²) in [4.78, 5) is 39.4. The molecule has 0 fully saturated rings. The number of esters is 1. The SMILES string of the molecule is CCOC(=O)c1c(NC(=O)c2ccc(O[C@@H](C)C(=O)Nc3ccc(Cl)cc3)cc2)sc(C)c1-c1ccccc1. The maximum absolute atomic E-state index is 13.1. The second-order valence-corrected chi connectivity index (χ2v) is 10.2. The molecule has 2 amide bonds. The van der Waals surface area contributed by atoms with Crippen molar-refractivity contribution >= 4 is 51.4 Å². The van der Waals surface area contributed by atoms with E-state index in [1.54, 1.807) is 62.4 Å². The van der Waals surface area contributed by atoms with Crippen LogP contribution >= 0.6 is 22.9 Å². The van der Waals surface area contributed by atoms with Gasteiger partial charge in [-0.25, -0.2) is 4.79 Å². The molecule has 9 heteroatoms. The number of benzene rings is 3. The minimum absolute atomic E-state index is 0.215. The Morgan fingerprint density at radius 2 is 1.59 bits per heavy atom. The highest BCUT2D eigenvalue weighted by Gasteiger charge is 2.26. The zero-order valence-electron chi connectivity index (χ0n) is 21.6. The van der Waals surface area contributed by atoms with E-state index in [0.717, 1.165) is 16.0 Å². The van der Waals surface area contributed by atoms with Crippen LogP contribution in [0.2, 0.25) is 5.02 Å². The van der Waals surface area contributed by atoms with E-state index in [4.69, 9.17) is 21.1 Å². The van der Waals surface area contributed by atoms with Crippen LogP contribution in [0.4, 0.5) is 10.7 Å². The van der Waals surface area contributed by atoms with Crippen LogP contribution in [0.3, 0.4) is 0 Å². The first-order valence-electron chi connectivity index (χ1n) is 12.3. The first-order chi connectivity index (χ1) is 18.8. The average Bonchev–Trinajstić information content (AvgIpc) is 3.26. The maximum atomic E-state index is 13.1. The van der Waals surface area contributed by atoms with Gasteiger partial charge in [0.15, 0.2) is 6.10 Å². The predicted octanol–water partition coefficient (Wildman–Crippen LogP) is 7.21. The third-order valence-corrected chi connectivity index (χ3v) is 7.04. The Bertz CT molecular complexity index is 1470. The van der Waals surface area contributed by atoms with Gasteiger partial charge in [0.2, 0.25) is 0 Å². The molecule has 7 nitrogen and oxygen atoms in total. The third-order valence-electron chi connectivity index (χ3n) is 5.76. The van der Waals surface area contributed by atoms with Gasteiger partial charge in [0.1, 0.15) is 16.3 Å². The van der Waals surface area contributed by atoms with E-state index in [0.29, 0.717) is 32.6 Å². The molecule has 0 spiro atoms. The van der Waals surface area contributed by atoms with Gasteiger partial charge in [0.05, 0.1) is 6.61 Å². The first-order valence-corrected chi connectivity index (χ1v) is 13.5. The van der Waals surface area contributed by atoms with Crippen molar-refractivity contribution in [2.45, 2.75) is 26.9 Å². The summed E-state index contributed by atoms with van der Waals surface area (Å²) in [5, 5.41) is 6.63. The summed E-state index contributed by atoms with van der Waals surface area (Å²) in [6, 6.07) is 22.7. The summed E-state index contributed by atoms with van der Waals surface area (Å²) >= 11 is 7.20. The van der Waals surface area contributed by atoms with Crippen LogP contribution in [0.1, 0.15) is 39.4 Å². The largest absolute Gasteiger partial charge is 0.481 e. The molecule has 200 valence electrons. The molecule has 3 aromatic carbocycles. The van der Waals surface area contributed by atoms with Gasteiger partial charge in [-0.05, 0) is 74.9 Å². The van der Waals surface area contributed by atoms with E-state index in [1.165, 1.54) is 11.3 Å². The number of halogens is 1. The van der Waals surface area contributed by atoms with Crippen LogP contribution in [0, 0.1) is 6.92 Å². The summed E-state index contributed by atoms with van der Waals surface area (Å²) in [6.45, 7) is 5.49. The van der Waals surface area contributed by atoms with E-state index >= 15 is 0 Å². The Hall–Kier alpha value is -4.14. The normalized spacial score (nSPS) is 11.4. The molecule has 0 aliphatic rings. The number of carbonyl (C=O) groups excluding carboxylic acids is 3. The summed E-state index contributed by atoms with van der Waals surface area (Å²) < 4.78 is 11.0. The Balaban J connectivity index is 1.47. The Labute approximate surface area is 235 Å². The first kappa shape index (κ1) is 27.9. The van der Waals surface area contributed by atoms with Gasteiger partial charge >= 0.3 is 5.97 Å². The molecule has 1 heterocycles. The Morgan fingerprint density at radius 1 is 0.923 bits per heavy atom. The van der Waals surface area contributed by atoms with E-state index in [1.807, 2.05) is 37.3 Å². The smallest absolute Gasteiger partial charge is 0.341 e. The van der Waals surface area contributed by atoms with Crippen molar-refractivity contribution in [1.29, 1.82) is 0 Å². The van der Waals surface area contributed by atoms with Crippen LogP contribution in [-0.2, 0) is 9.53 Å². The Kier molecular flexibility index (Phi) is 9.01. The molecule has 0 bridgehead atoms. The van der Waals surface area contributed by atoms with E-state index < -0.39 is 12.1 Å². The molecule has 0 unspecified atom stereocenters. The number of hydrogen-bond donors (Lipinski definition) is 2.